The molecule has 1 heterocycles. The minimum atomic E-state index is -0.150. The second kappa shape index (κ2) is 5.52. The molecule has 0 bridgehead atoms. The molecule has 0 atom stereocenters. The monoisotopic (exact) mass is 250 g/mol. The zero-order valence-corrected chi connectivity index (χ0v) is 11.3. The van der Waals surface area contributed by atoms with Gasteiger partial charge in [-0.1, -0.05) is 6.92 Å². The van der Waals surface area contributed by atoms with E-state index in [0.29, 0.717) is 6.04 Å². The number of aryl methyl sites for hydroxylation is 1. The van der Waals surface area contributed by atoms with Crippen molar-refractivity contribution in [1.29, 1.82) is 0 Å². The number of nitrogens with one attached hydrogen (secondary N) is 2. The number of aromatic nitrogens is 2. The highest BCUT2D eigenvalue weighted by molar-refractivity contribution is 5.57. The molecule has 0 amide bonds. The molecule has 3 N–H and O–H groups in total. The summed E-state index contributed by atoms with van der Waals surface area (Å²) < 4.78 is 0. The van der Waals surface area contributed by atoms with Crippen molar-refractivity contribution >= 4 is 11.6 Å². The minimum absolute atomic E-state index is 0.150. The van der Waals surface area contributed by atoms with Gasteiger partial charge in [-0.3, -0.25) is 0 Å². The second-order valence-corrected chi connectivity index (χ2v) is 4.81. The molecular formula is C13H22N4O. The Kier molecular flexibility index (Phi) is 4.01. The Bertz CT molecular complexity index is 416. The maximum atomic E-state index is 9.32. The highest BCUT2D eigenvalue weighted by Gasteiger charge is 2.28. The highest BCUT2D eigenvalue weighted by atomic mass is 16.3. The van der Waals surface area contributed by atoms with Crippen LogP contribution in [0.25, 0.3) is 0 Å². The van der Waals surface area contributed by atoms with E-state index < -0.39 is 0 Å². The van der Waals surface area contributed by atoms with Crippen LogP contribution in [0.4, 0.5) is 11.6 Å². The van der Waals surface area contributed by atoms with Crippen LogP contribution in [0.3, 0.4) is 0 Å². The molecule has 1 aromatic rings. The van der Waals surface area contributed by atoms with E-state index in [9.17, 15) is 5.11 Å². The molecule has 1 saturated carbocycles. The van der Waals surface area contributed by atoms with Gasteiger partial charge in [0, 0.05) is 24.6 Å². The summed E-state index contributed by atoms with van der Waals surface area (Å²) in [5.74, 6) is 2.65. The summed E-state index contributed by atoms with van der Waals surface area (Å²) >= 11 is 0. The van der Waals surface area contributed by atoms with E-state index in [1.165, 1.54) is 0 Å². The number of hydrogen-bond acceptors (Lipinski definition) is 5. The van der Waals surface area contributed by atoms with Gasteiger partial charge in [0.1, 0.15) is 17.5 Å². The summed E-state index contributed by atoms with van der Waals surface area (Å²) in [6, 6.07) is 0.341. The summed E-state index contributed by atoms with van der Waals surface area (Å²) in [6.07, 6.45) is 2.28. The molecule has 2 rings (SSSR count). The smallest absolute Gasteiger partial charge is 0.134 e. The molecule has 18 heavy (non-hydrogen) atoms. The van der Waals surface area contributed by atoms with Crippen molar-refractivity contribution in [3.63, 3.8) is 0 Å². The zero-order chi connectivity index (χ0) is 13.1. The fourth-order valence-corrected chi connectivity index (χ4v) is 2.10. The summed E-state index contributed by atoms with van der Waals surface area (Å²) in [5, 5.41) is 16.0. The van der Waals surface area contributed by atoms with Gasteiger partial charge in [0.15, 0.2) is 0 Å². The first-order valence-corrected chi connectivity index (χ1v) is 6.70. The van der Waals surface area contributed by atoms with E-state index in [1.54, 1.807) is 0 Å². The first kappa shape index (κ1) is 13.1. The molecule has 0 saturated heterocycles. The van der Waals surface area contributed by atoms with Crippen LogP contribution in [-0.2, 0) is 6.42 Å². The third-order valence-corrected chi connectivity index (χ3v) is 3.31. The van der Waals surface area contributed by atoms with Gasteiger partial charge in [-0.2, -0.15) is 0 Å². The molecule has 100 valence electrons. The first-order valence-electron chi connectivity index (χ1n) is 6.70. The van der Waals surface area contributed by atoms with E-state index >= 15 is 0 Å². The number of aliphatic hydroxyl groups is 1. The molecule has 1 aromatic heterocycles. The SMILES string of the molecule is CCNc1nc(CC)nc(NC2CC(O)C2)c1C. The fraction of sp³-hybridized carbons (Fsp3) is 0.692. The van der Waals surface area contributed by atoms with Crippen molar-refractivity contribution in [1.82, 2.24) is 9.97 Å². The molecule has 5 heteroatoms. The largest absolute Gasteiger partial charge is 0.393 e. The van der Waals surface area contributed by atoms with Crippen LogP contribution in [-0.4, -0.2) is 33.8 Å². The van der Waals surface area contributed by atoms with Gasteiger partial charge in [0.25, 0.3) is 0 Å². The van der Waals surface area contributed by atoms with Crippen molar-refractivity contribution in [3.8, 4) is 0 Å². The maximum absolute atomic E-state index is 9.32. The Balaban J connectivity index is 2.18. The third kappa shape index (κ3) is 2.72. The van der Waals surface area contributed by atoms with Crippen LogP contribution < -0.4 is 10.6 Å². The van der Waals surface area contributed by atoms with E-state index in [4.69, 9.17) is 0 Å². The molecule has 0 aromatic carbocycles. The second-order valence-electron chi connectivity index (χ2n) is 4.81. The minimum Gasteiger partial charge on any atom is -0.393 e. The number of hydrogen-bond donors (Lipinski definition) is 3. The predicted molar refractivity (Wildman–Crippen MR) is 73.0 cm³/mol. The molecule has 0 spiro atoms. The summed E-state index contributed by atoms with van der Waals surface area (Å²) in [6.45, 7) is 6.98. The molecule has 0 radical (unpaired) electrons. The fourth-order valence-electron chi connectivity index (χ4n) is 2.10. The average Bonchev–Trinajstić information content (AvgIpc) is 2.32. The Labute approximate surface area is 108 Å². The predicted octanol–water partition coefficient (Wildman–Crippen LogP) is 1.71. The van der Waals surface area contributed by atoms with Crippen LogP contribution in [0.15, 0.2) is 0 Å². The van der Waals surface area contributed by atoms with Gasteiger partial charge < -0.3 is 15.7 Å². The van der Waals surface area contributed by atoms with Crippen molar-refractivity contribution in [2.45, 2.75) is 52.2 Å². The zero-order valence-electron chi connectivity index (χ0n) is 11.3. The van der Waals surface area contributed by atoms with Crippen molar-refractivity contribution in [2.24, 2.45) is 0 Å². The van der Waals surface area contributed by atoms with Crippen LogP contribution in [0.5, 0.6) is 0 Å². The lowest BCUT2D eigenvalue weighted by Gasteiger charge is -2.33. The number of anilines is 2. The quantitative estimate of drug-likeness (QED) is 0.742. The Morgan fingerprint density at radius 1 is 1.22 bits per heavy atom. The molecule has 1 aliphatic carbocycles. The van der Waals surface area contributed by atoms with E-state index in [1.807, 2.05) is 6.92 Å². The maximum Gasteiger partial charge on any atom is 0.134 e. The topological polar surface area (TPSA) is 70.1 Å². The average molecular weight is 250 g/mol. The molecular weight excluding hydrogens is 228 g/mol. The van der Waals surface area contributed by atoms with Gasteiger partial charge >= 0.3 is 0 Å². The third-order valence-electron chi connectivity index (χ3n) is 3.31. The molecule has 0 unspecified atom stereocenters. The van der Waals surface area contributed by atoms with Gasteiger partial charge in [-0.05, 0) is 26.7 Å². The normalized spacial score (nSPS) is 22.4. The van der Waals surface area contributed by atoms with Gasteiger partial charge in [-0.25, -0.2) is 9.97 Å². The Morgan fingerprint density at radius 3 is 2.44 bits per heavy atom. The number of aliphatic hydroxyl groups excluding tert-OH is 1. The first-order chi connectivity index (χ1) is 8.63. The lowest BCUT2D eigenvalue weighted by molar-refractivity contribution is 0.0835. The Morgan fingerprint density at radius 2 is 1.89 bits per heavy atom. The summed E-state index contributed by atoms with van der Waals surface area (Å²) in [4.78, 5) is 9.03. The van der Waals surface area contributed by atoms with Crippen molar-refractivity contribution < 1.29 is 5.11 Å². The van der Waals surface area contributed by atoms with Crippen LogP contribution in [0.1, 0.15) is 38.1 Å². The van der Waals surface area contributed by atoms with E-state index in [2.05, 4.69) is 34.4 Å². The molecule has 0 aliphatic heterocycles. The lowest BCUT2D eigenvalue weighted by atomic mass is 9.89. The molecule has 1 fully saturated rings. The highest BCUT2D eigenvalue weighted by Crippen LogP contribution is 2.27. The summed E-state index contributed by atoms with van der Waals surface area (Å²) in [5.41, 5.74) is 1.05. The lowest BCUT2D eigenvalue weighted by Crippen LogP contribution is -2.39. The van der Waals surface area contributed by atoms with Crippen LogP contribution in [0, 0.1) is 6.92 Å². The van der Waals surface area contributed by atoms with Gasteiger partial charge in [-0.15, -0.1) is 0 Å². The van der Waals surface area contributed by atoms with Crippen molar-refractivity contribution in [3.05, 3.63) is 11.4 Å². The number of rotatable bonds is 5. The van der Waals surface area contributed by atoms with E-state index in [-0.39, 0.29) is 6.10 Å². The standard InChI is InChI=1S/C13H22N4O/c1-4-11-16-12(14-5-2)8(3)13(17-11)15-9-6-10(18)7-9/h9-10,18H,4-7H2,1-3H3,(H2,14,15,16,17). The molecule has 5 nitrogen and oxygen atoms in total. The summed E-state index contributed by atoms with van der Waals surface area (Å²) in [7, 11) is 0. The number of nitrogens with zero attached hydrogens (tertiary/aromatic N) is 2. The van der Waals surface area contributed by atoms with Crippen LogP contribution in [0.2, 0.25) is 0 Å². The van der Waals surface area contributed by atoms with E-state index in [0.717, 1.165) is 48.8 Å². The molecule has 1 aliphatic rings. The van der Waals surface area contributed by atoms with Gasteiger partial charge in [0.2, 0.25) is 0 Å². The van der Waals surface area contributed by atoms with Crippen LogP contribution >= 0.6 is 0 Å². The van der Waals surface area contributed by atoms with Crippen molar-refractivity contribution in [2.75, 3.05) is 17.2 Å². The Hall–Kier alpha value is -1.36. The van der Waals surface area contributed by atoms with Gasteiger partial charge in [0.05, 0.1) is 6.10 Å².